The summed E-state index contributed by atoms with van der Waals surface area (Å²) < 4.78 is 13.3. The summed E-state index contributed by atoms with van der Waals surface area (Å²) in [5, 5.41) is 12.3. The Bertz CT molecular complexity index is 1190. The quantitative estimate of drug-likeness (QED) is 0.165. The molecule has 0 bridgehead atoms. The average molecular weight is 664 g/mol. The van der Waals surface area contributed by atoms with E-state index in [0.717, 1.165) is 29.8 Å². The average Bonchev–Trinajstić information content (AvgIpc) is 2.78. The van der Waals surface area contributed by atoms with Gasteiger partial charge in [0.25, 0.3) is 5.91 Å². The molecule has 0 fully saturated rings. The van der Waals surface area contributed by atoms with Crippen molar-refractivity contribution < 1.29 is 14.3 Å². The number of nitriles is 1. The van der Waals surface area contributed by atoms with Crippen LogP contribution in [0.1, 0.15) is 23.6 Å². The molecule has 3 aromatic rings. The van der Waals surface area contributed by atoms with Crippen molar-refractivity contribution in [2.45, 2.75) is 20.5 Å². The number of carbonyl (C=O) groups is 1. The van der Waals surface area contributed by atoms with Crippen molar-refractivity contribution >= 4 is 62.9 Å². The van der Waals surface area contributed by atoms with Gasteiger partial charge in [-0.25, -0.2) is 0 Å². The maximum Gasteiger partial charge on any atom is 0.266 e. The number of ether oxygens (including phenoxy) is 2. The van der Waals surface area contributed by atoms with Crippen LogP contribution in [0.3, 0.4) is 0 Å². The molecule has 0 unspecified atom stereocenters. The SMILES string of the molecule is CCOc1ccc(NC(=O)/C(C#N)=C\c2cc(I)c(OCc3cccc(C)c3)c(I)c2)cc1. The summed E-state index contributed by atoms with van der Waals surface area (Å²) in [6.45, 7) is 5.00. The lowest BCUT2D eigenvalue weighted by Crippen LogP contribution is -2.13. The second kappa shape index (κ2) is 12.0. The minimum Gasteiger partial charge on any atom is -0.494 e. The maximum absolute atomic E-state index is 12.6. The molecule has 33 heavy (non-hydrogen) atoms. The Morgan fingerprint density at radius 3 is 2.36 bits per heavy atom. The molecule has 3 rings (SSSR count). The molecule has 0 aliphatic carbocycles. The molecule has 0 atom stereocenters. The lowest BCUT2D eigenvalue weighted by Gasteiger charge is -2.12. The van der Waals surface area contributed by atoms with Crippen LogP contribution in [0.5, 0.6) is 11.5 Å². The molecule has 168 valence electrons. The van der Waals surface area contributed by atoms with Gasteiger partial charge >= 0.3 is 0 Å². The van der Waals surface area contributed by atoms with Gasteiger partial charge in [0.15, 0.2) is 0 Å². The van der Waals surface area contributed by atoms with E-state index in [0.29, 0.717) is 18.9 Å². The molecule has 1 amide bonds. The standard InChI is InChI=1S/C26H22I2N2O3/c1-3-32-22-9-7-21(8-10-22)30-26(31)20(15-29)12-19-13-23(27)25(24(28)14-19)33-16-18-6-4-5-17(2)11-18/h4-14H,3,16H2,1-2H3,(H,30,31)/b20-12-. The van der Waals surface area contributed by atoms with Crippen LogP contribution in [0.2, 0.25) is 0 Å². The number of halogens is 2. The van der Waals surface area contributed by atoms with E-state index in [4.69, 9.17) is 9.47 Å². The summed E-state index contributed by atoms with van der Waals surface area (Å²) in [6.07, 6.45) is 1.58. The number of hydrogen-bond donors (Lipinski definition) is 1. The number of aryl methyl sites for hydroxylation is 1. The second-order valence-corrected chi connectivity index (χ2v) is 9.50. The van der Waals surface area contributed by atoms with Crippen molar-refractivity contribution in [2.24, 2.45) is 0 Å². The minimum absolute atomic E-state index is 0.0175. The summed E-state index contributed by atoms with van der Waals surface area (Å²) in [5.41, 5.74) is 3.65. The first kappa shape index (κ1) is 25.1. The third kappa shape index (κ3) is 7.20. The Hall–Kier alpha value is -2.58. The van der Waals surface area contributed by atoms with Gasteiger partial charge in [0.05, 0.1) is 13.7 Å². The summed E-state index contributed by atoms with van der Waals surface area (Å²) in [4.78, 5) is 12.6. The molecular weight excluding hydrogens is 642 g/mol. The lowest BCUT2D eigenvalue weighted by atomic mass is 10.1. The van der Waals surface area contributed by atoms with Crippen LogP contribution < -0.4 is 14.8 Å². The molecule has 0 aliphatic heterocycles. The number of anilines is 1. The first-order valence-electron chi connectivity index (χ1n) is 10.2. The molecule has 0 heterocycles. The van der Waals surface area contributed by atoms with E-state index in [1.54, 1.807) is 30.3 Å². The third-order valence-corrected chi connectivity index (χ3v) is 6.19. The van der Waals surface area contributed by atoms with Gasteiger partial charge in [-0.05, 0) is 113 Å². The zero-order valence-electron chi connectivity index (χ0n) is 18.2. The van der Waals surface area contributed by atoms with Crippen LogP contribution in [0.15, 0.2) is 66.2 Å². The maximum atomic E-state index is 12.6. The molecule has 0 saturated carbocycles. The number of nitrogens with zero attached hydrogens (tertiary/aromatic N) is 1. The number of benzene rings is 3. The van der Waals surface area contributed by atoms with Gasteiger partial charge in [-0.15, -0.1) is 0 Å². The first-order valence-corrected chi connectivity index (χ1v) is 12.4. The first-order chi connectivity index (χ1) is 15.9. The normalized spacial score (nSPS) is 10.9. The number of rotatable bonds is 8. The molecular formula is C26H22I2N2O3. The van der Waals surface area contributed by atoms with Gasteiger partial charge in [-0.1, -0.05) is 29.8 Å². The molecule has 0 spiro atoms. The predicted octanol–water partition coefficient (Wildman–Crippen LogP) is 6.73. The fraction of sp³-hybridized carbons (Fsp3) is 0.154. The summed E-state index contributed by atoms with van der Waals surface area (Å²) >= 11 is 4.42. The molecule has 0 aromatic heterocycles. The van der Waals surface area contributed by atoms with Crippen LogP contribution >= 0.6 is 45.2 Å². The topological polar surface area (TPSA) is 71.3 Å². The number of carbonyl (C=O) groups excluding carboxylic acids is 1. The van der Waals surface area contributed by atoms with Crippen molar-refractivity contribution in [3.63, 3.8) is 0 Å². The van der Waals surface area contributed by atoms with Crippen molar-refractivity contribution in [3.05, 3.63) is 90.1 Å². The van der Waals surface area contributed by atoms with E-state index in [2.05, 4.69) is 69.6 Å². The largest absolute Gasteiger partial charge is 0.494 e. The van der Waals surface area contributed by atoms with E-state index in [1.807, 2.05) is 37.3 Å². The molecule has 0 radical (unpaired) electrons. The third-order valence-electron chi connectivity index (χ3n) is 4.59. The van der Waals surface area contributed by atoms with Crippen LogP contribution in [0.25, 0.3) is 6.08 Å². The summed E-state index contributed by atoms with van der Waals surface area (Å²) in [6, 6.07) is 21.0. The van der Waals surface area contributed by atoms with E-state index >= 15 is 0 Å². The molecule has 0 saturated heterocycles. The highest BCUT2D eigenvalue weighted by molar-refractivity contribution is 14.1. The monoisotopic (exact) mass is 664 g/mol. The van der Waals surface area contributed by atoms with Crippen molar-refractivity contribution in [1.82, 2.24) is 0 Å². The molecule has 0 aliphatic rings. The minimum atomic E-state index is -0.466. The van der Waals surface area contributed by atoms with Crippen LogP contribution in [-0.4, -0.2) is 12.5 Å². The summed E-state index contributed by atoms with van der Waals surface area (Å²) in [7, 11) is 0. The zero-order valence-corrected chi connectivity index (χ0v) is 22.5. The van der Waals surface area contributed by atoms with Gasteiger partial charge in [0.2, 0.25) is 0 Å². The summed E-state index contributed by atoms with van der Waals surface area (Å²) in [5.74, 6) is 1.04. The Labute approximate surface area is 221 Å². The van der Waals surface area contributed by atoms with Gasteiger partial charge in [-0.3, -0.25) is 4.79 Å². The van der Waals surface area contributed by atoms with E-state index in [9.17, 15) is 10.1 Å². The van der Waals surface area contributed by atoms with Crippen LogP contribution in [-0.2, 0) is 11.4 Å². The predicted molar refractivity (Wildman–Crippen MR) is 147 cm³/mol. The number of hydrogen-bond acceptors (Lipinski definition) is 4. The van der Waals surface area contributed by atoms with Crippen molar-refractivity contribution in [1.29, 1.82) is 5.26 Å². The number of nitrogens with one attached hydrogen (secondary N) is 1. The van der Waals surface area contributed by atoms with E-state index in [1.165, 1.54) is 5.56 Å². The van der Waals surface area contributed by atoms with Crippen molar-refractivity contribution in [2.75, 3.05) is 11.9 Å². The zero-order chi connectivity index (χ0) is 23.8. The Morgan fingerprint density at radius 2 is 1.76 bits per heavy atom. The van der Waals surface area contributed by atoms with Gasteiger partial charge in [-0.2, -0.15) is 5.26 Å². The molecule has 1 N–H and O–H groups in total. The lowest BCUT2D eigenvalue weighted by molar-refractivity contribution is -0.112. The Kier molecular flexibility index (Phi) is 9.14. The molecule has 5 nitrogen and oxygen atoms in total. The van der Waals surface area contributed by atoms with E-state index < -0.39 is 5.91 Å². The van der Waals surface area contributed by atoms with Gasteiger partial charge in [0, 0.05) is 5.69 Å². The van der Waals surface area contributed by atoms with E-state index in [-0.39, 0.29) is 5.57 Å². The fourth-order valence-corrected chi connectivity index (χ4v) is 5.20. The highest BCUT2D eigenvalue weighted by Crippen LogP contribution is 2.30. The van der Waals surface area contributed by atoms with Crippen LogP contribution in [0, 0.1) is 25.4 Å². The van der Waals surface area contributed by atoms with Gasteiger partial charge in [0.1, 0.15) is 29.7 Å². The molecule has 3 aromatic carbocycles. The van der Waals surface area contributed by atoms with Crippen molar-refractivity contribution in [3.8, 4) is 17.6 Å². The van der Waals surface area contributed by atoms with Gasteiger partial charge < -0.3 is 14.8 Å². The Morgan fingerprint density at radius 1 is 1.06 bits per heavy atom. The Balaban J connectivity index is 1.73. The van der Waals surface area contributed by atoms with Crippen LogP contribution in [0.4, 0.5) is 5.69 Å². The molecule has 7 heteroatoms. The highest BCUT2D eigenvalue weighted by atomic mass is 127. The second-order valence-electron chi connectivity index (χ2n) is 7.17. The number of amides is 1. The highest BCUT2D eigenvalue weighted by Gasteiger charge is 2.13. The smallest absolute Gasteiger partial charge is 0.266 e. The fourth-order valence-electron chi connectivity index (χ4n) is 3.07.